The molecule has 0 aromatic carbocycles. The number of aliphatic hydroxyl groups excluding tert-OH is 1. The Balaban J connectivity index is 1.77. The number of rotatable bonds is 5. The van der Waals surface area contributed by atoms with Gasteiger partial charge in [-0.3, -0.25) is 4.79 Å². The highest BCUT2D eigenvalue weighted by atomic mass is 16.5. The van der Waals surface area contributed by atoms with Crippen LogP contribution in [-0.4, -0.2) is 53.0 Å². The lowest BCUT2D eigenvalue weighted by molar-refractivity contribution is -0.0396. The summed E-state index contributed by atoms with van der Waals surface area (Å²) in [5, 5.41) is 14.3. The maximum absolute atomic E-state index is 12.9. The van der Waals surface area contributed by atoms with Crippen LogP contribution in [0.4, 0.5) is 0 Å². The Morgan fingerprint density at radius 2 is 2.21 bits per heavy atom. The van der Waals surface area contributed by atoms with Crippen molar-refractivity contribution in [2.24, 2.45) is 5.92 Å². The molecule has 134 valence electrons. The third-order valence-corrected chi connectivity index (χ3v) is 5.60. The van der Waals surface area contributed by atoms with Gasteiger partial charge >= 0.3 is 0 Å². The zero-order valence-corrected chi connectivity index (χ0v) is 14.6. The van der Waals surface area contributed by atoms with Crippen LogP contribution in [0.3, 0.4) is 0 Å². The molecule has 2 heterocycles. The van der Waals surface area contributed by atoms with Crippen molar-refractivity contribution in [3.63, 3.8) is 0 Å². The number of amides is 1. The molecule has 1 aliphatic carbocycles. The lowest BCUT2D eigenvalue weighted by atomic mass is 9.94. The van der Waals surface area contributed by atoms with Gasteiger partial charge in [-0.1, -0.05) is 25.4 Å². The molecule has 2 aliphatic rings. The van der Waals surface area contributed by atoms with Gasteiger partial charge in [0.1, 0.15) is 0 Å². The maximum Gasteiger partial charge on any atom is 0.292 e. The predicted octanol–water partition coefficient (Wildman–Crippen LogP) is 2.58. The standard InChI is InChI=1S/C18H28N2O4/c1-3-12(4-2)14-10-17(24-19-14)18(22)20-8-9-23-11-15(20)13-6-5-7-16(13)21/h10,12-13,15-16,21H,3-9,11H2,1-2H3/t13-,15-,16-/m1/s1. The third kappa shape index (κ3) is 3.35. The van der Waals surface area contributed by atoms with Crippen molar-refractivity contribution in [3.8, 4) is 0 Å². The van der Waals surface area contributed by atoms with Crippen LogP contribution in [0.1, 0.15) is 68.1 Å². The minimum Gasteiger partial charge on any atom is -0.393 e. The molecule has 1 aromatic rings. The van der Waals surface area contributed by atoms with E-state index < -0.39 is 0 Å². The highest BCUT2D eigenvalue weighted by molar-refractivity contribution is 5.91. The largest absolute Gasteiger partial charge is 0.393 e. The molecular weight excluding hydrogens is 308 g/mol. The van der Waals surface area contributed by atoms with Crippen LogP contribution in [0.25, 0.3) is 0 Å². The number of aromatic nitrogens is 1. The van der Waals surface area contributed by atoms with Gasteiger partial charge in [0, 0.05) is 24.4 Å². The molecule has 3 atom stereocenters. The first-order valence-corrected chi connectivity index (χ1v) is 9.19. The molecule has 6 nitrogen and oxygen atoms in total. The first-order valence-electron chi connectivity index (χ1n) is 9.19. The summed E-state index contributed by atoms with van der Waals surface area (Å²) in [4.78, 5) is 14.8. The summed E-state index contributed by atoms with van der Waals surface area (Å²) in [6.07, 6.45) is 4.36. The number of aliphatic hydroxyl groups is 1. The van der Waals surface area contributed by atoms with Gasteiger partial charge < -0.3 is 19.3 Å². The molecule has 3 rings (SSSR count). The van der Waals surface area contributed by atoms with Gasteiger partial charge in [0.15, 0.2) is 0 Å². The van der Waals surface area contributed by atoms with Gasteiger partial charge in [-0.25, -0.2) is 0 Å². The maximum atomic E-state index is 12.9. The fourth-order valence-electron chi connectivity index (χ4n) is 4.08. The van der Waals surface area contributed by atoms with E-state index in [4.69, 9.17) is 9.26 Å². The zero-order chi connectivity index (χ0) is 17.1. The average molecular weight is 336 g/mol. The fourth-order valence-corrected chi connectivity index (χ4v) is 4.08. The summed E-state index contributed by atoms with van der Waals surface area (Å²) < 4.78 is 10.9. The van der Waals surface area contributed by atoms with E-state index in [2.05, 4.69) is 19.0 Å². The molecule has 1 saturated carbocycles. The predicted molar refractivity (Wildman–Crippen MR) is 88.8 cm³/mol. The SMILES string of the molecule is CCC(CC)c1cc(C(=O)N2CCOC[C@@H]2[C@H]2CCC[C@H]2O)on1. The van der Waals surface area contributed by atoms with E-state index in [-0.39, 0.29) is 24.0 Å². The highest BCUT2D eigenvalue weighted by Crippen LogP contribution is 2.33. The van der Waals surface area contributed by atoms with Crippen molar-refractivity contribution in [1.82, 2.24) is 10.1 Å². The fraction of sp³-hybridized carbons (Fsp3) is 0.778. The quantitative estimate of drug-likeness (QED) is 0.894. The topological polar surface area (TPSA) is 75.8 Å². The minimum atomic E-state index is -0.346. The lowest BCUT2D eigenvalue weighted by Crippen LogP contribution is -2.53. The Kier molecular flexibility index (Phi) is 5.56. The first-order chi connectivity index (χ1) is 11.7. The van der Waals surface area contributed by atoms with Gasteiger partial charge in [0.05, 0.1) is 31.1 Å². The molecule has 1 amide bonds. The summed E-state index contributed by atoms with van der Waals surface area (Å²) >= 11 is 0. The van der Waals surface area contributed by atoms with E-state index in [1.807, 2.05) is 4.90 Å². The third-order valence-electron chi connectivity index (χ3n) is 5.60. The van der Waals surface area contributed by atoms with E-state index in [9.17, 15) is 9.90 Å². The van der Waals surface area contributed by atoms with Gasteiger partial charge in [0.2, 0.25) is 5.76 Å². The average Bonchev–Trinajstić information content (AvgIpc) is 3.25. The molecular formula is C18H28N2O4. The summed E-state index contributed by atoms with van der Waals surface area (Å²) in [6, 6.07) is 1.71. The number of ether oxygens (including phenoxy) is 1. The zero-order valence-electron chi connectivity index (χ0n) is 14.6. The van der Waals surface area contributed by atoms with Crippen LogP contribution in [0.5, 0.6) is 0 Å². The second kappa shape index (κ2) is 7.66. The molecule has 1 N–H and O–H groups in total. The number of carbonyl (C=O) groups is 1. The van der Waals surface area contributed by atoms with Crippen LogP contribution >= 0.6 is 0 Å². The van der Waals surface area contributed by atoms with Gasteiger partial charge in [-0.15, -0.1) is 0 Å². The normalized spacial score (nSPS) is 27.8. The van der Waals surface area contributed by atoms with Crippen molar-refractivity contribution >= 4 is 5.91 Å². The minimum absolute atomic E-state index is 0.0783. The van der Waals surface area contributed by atoms with Crippen LogP contribution in [0, 0.1) is 5.92 Å². The Hall–Kier alpha value is -1.40. The van der Waals surface area contributed by atoms with Crippen LogP contribution < -0.4 is 0 Å². The first kappa shape index (κ1) is 17.4. The van der Waals surface area contributed by atoms with Crippen molar-refractivity contribution in [2.75, 3.05) is 19.8 Å². The van der Waals surface area contributed by atoms with Crippen molar-refractivity contribution in [2.45, 2.75) is 64.0 Å². The summed E-state index contributed by atoms with van der Waals surface area (Å²) in [7, 11) is 0. The molecule has 0 unspecified atom stereocenters. The highest BCUT2D eigenvalue weighted by Gasteiger charge is 2.40. The lowest BCUT2D eigenvalue weighted by Gasteiger charge is -2.39. The van der Waals surface area contributed by atoms with Gasteiger partial charge in [-0.2, -0.15) is 0 Å². The Labute approximate surface area is 143 Å². The molecule has 2 fully saturated rings. The van der Waals surface area contributed by atoms with Crippen molar-refractivity contribution in [1.29, 1.82) is 0 Å². The van der Waals surface area contributed by atoms with E-state index >= 15 is 0 Å². The molecule has 6 heteroatoms. The molecule has 0 bridgehead atoms. The monoisotopic (exact) mass is 336 g/mol. The molecule has 1 aromatic heterocycles. The summed E-state index contributed by atoms with van der Waals surface area (Å²) in [6.45, 7) is 5.78. The Morgan fingerprint density at radius 3 is 2.88 bits per heavy atom. The Bertz CT molecular complexity index is 555. The molecule has 1 aliphatic heterocycles. The van der Waals surface area contributed by atoms with E-state index in [0.29, 0.717) is 31.4 Å². The molecule has 24 heavy (non-hydrogen) atoms. The summed E-state index contributed by atoms with van der Waals surface area (Å²) in [5.41, 5.74) is 0.856. The van der Waals surface area contributed by atoms with E-state index in [0.717, 1.165) is 37.8 Å². The van der Waals surface area contributed by atoms with Gasteiger partial charge in [-0.05, 0) is 25.7 Å². The van der Waals surface area contributed by atoms with E-state index in [1.165, 1.54) is 0 Å². The smallest absolute Gasteiger partial charge is 0.292 e. The number of hydrogen-bond donors (Lipinski definition) is 1. The number of carbonyl (C=O) groups excluding carboxylic acids is 1. The second-order valence-corrected chi connectivity index (χ2v) is 6.93. The molecule has 1 saturated heterocycles. The van der Waals surface area contributed by atoms with Crippen LogP contribution in [0.2, 0.25) is 0 Å². The van der Waals surface area contributed by atoms with Crippen LogP contribution in [0.15, 0.2) is 10.6 Å². The van der Waals surface area contributed by atoms with Gasteiger partial charge in [0.25, 0.3) is 5.91 Å². The van der Waals surface area contributed by atoms with Crippen LogP contribution in [-0.2, 0) is 4.74 Å². The second-order valence-electron chi connectivity index (χ2n) is 6.93. The number of morpholine rings is 1. The van der Waals surface area contributed by atoms with Crippen molar-refractivity contribution < 1.29 is 19.2 Å². The Morgan fingerprint density at radius 1 is 1.42 bits per heavy atom. The van der Waals surface area contributed by atoms with Crippen molar-refractivity contribution in [3.05, 3.63) is 17.5 Å². The summed E-state index contributed by atoms with van der Waals surface area (Å²) in [5.74, 6) is 0.589. The molecule has 0 radical (unpaired) electrons. The number of hydrogen-bond acceptors (Lipinski definition) is 5. The van der Waals surface area contributed by atoms with E-state index in [1.54, 1.807) is 6.07 Å². The molecule has 0 spiro atoms. The number of nitrogens with zero attached hydrogens (tertiary/aromatic N) is 2.